The smallest absolute Gasteiger partial charge is 0.267 e. The minimum atomic E-state index is -0.263. The second kappa shape index (κ2) is 9.79. The van der Waals surface area contributed by atoms with E-state index >= 15 is 0 Å². The van der Waals surface area contributed by atoms with Crippen LogP contribution in [-0.4, -0.2) is 21.9 Å². The summed E-state index contributed by atoms with van der Waals surface area (Å²) in [5, 5.41) is 9.02. The van der Waals surface area contributed by atoms with E-state index in [4.69, 9.17) is 5.10 Å². The van der Waals surface area contributed by atoms with Crippen LogP contribution in [0.4, 0.5) is 0 Å². The quantitative estimate of drug-likeness (QED) is 0.260. The van der Waals surface area contributed by atoms with Crippen molar-refractivity contribution in [1.29, 1.82) is 0 Å². The summed E-state index contributed by atoms with van der Waals surface area (Å²) in [5.41, 5.74) is 8.93. The van der Waals surface area contributed by atoms with E-state index in [0.29, 0.717) is 5.56 Å². The Kier molecular flexibility index (Phi) is 6.08. The number of hydrogen-bond acceptors (Lipinski definition) is 3. The lowest BCUT2D eigenvalue weighted by Crippen LogP contribution is -2.17. The van der Waals surface area contributed by atoms with Gasteiger partial charge in [0, 0.05) is 22.9 Å². The first-order chi connectivity index (χ1) is 16.8. The molecule has 0 fully saturated rings. The Morgan fingerprint density at radius 1 is 0.706 bits per heavy atom. The van der Waals surface area contributed by atoms with E-state index in [-0.39, 0.29) is 5.91 Å². The maximum atomic E-state index is 12.3. The molecule has 0 aliphatic rings. The summed E-state index contributed by atoms with van der Waals surface area (Å²) in [6.07, 6.45) is 3.54. The van der Waals surface area contributed by atoms with Gasteiger partial charge < -0.3 is 0 Å². The molecule has 4 aromatic carbocycles. The van der Waals surface area contributed by atoms with E-state index < -0.39 is 0 Å². The molecule has 5 nitrogen and oxygen atoms in total. The number of hydrogen-bond donors (Lipinski definition) is 1. The largest absolute Gasteiger partial charge is 0.271 e. The molecule has 5 aromatic rings. The average Bonchev–Trinajstić information content (AvgIpc) is 3.34. The summed E-state index contributed by atoms with van der Waals surface area (Å²) in [5.74, 6) is -0.263. The van der Waals surface area contributed by atoms with E-state index in [9.17, 15) is 4.79 Å². The number of benzene rings is 4. The number of nitrogens with one attached hydrogen (secondary N) is 1. The molecule has 1 amide bonds. The van der Waals surface area contributed by atoms with Gasteiger partial charge in [-0.3, -0.25) is 4.79 Å². The first-order valence-electron chi connectivity index (χ1n) is 11.0. The zero-order valence-electron chi connectivity index (χ0n) is 18.4. The first-order valence-corrected chi connectivity index (χ1v) is 11.0. The third kappa shape index (κ3) is 4.69. The Balaban J connectivity index is 1.46. The van der Waals surface area contributed by atoms with Crippen molar-refractivity contribution in [1.82, 2.24) is 15.2 Å². The van der Waals surface area contributed by atoms with Crippen molar-refractivity contribution < 1.29 is 4.79 Å². The van der Waals surface area contributed by atoms with Gasteiger partial charge in [-0.2, -0.15) is 10.2 Å². The summed E-state index contributed by atoms with van der Waals surface area (Å²) in [4.78, 5) is 12.3. The van der Waals surface area contributed by atoms with Gasteiger partial charge in [-0.25, -0.2) is 10.1 Å². The van der Waals surface area contributed by atoms with Crippen LogP contribution in [0.2, 0.25) is 0 Å². The summed E-state index contributed by atoms with van der Waals surface area (Å²) in [6, 6.07) is 37.4. The van der Waals surface area contributed by atoms with Gasteiger partial charge in [0.15, 0.2) is 0 Å². The first kappa shape index (κ1) is 21.1. The van der Waals surface area contributed by atoms with Crippen LogP contribution in [0.25, 0.3) is 28.1 Å². The molecular weight excluding hydrogens is 420 g/mol. The van der Waals surface area contributed by atoms with Crippen LogP contribution < -0.4 is 5.43 Å². The molecule has 5 rings (SSSR count). The maximum absolute atomic E-state index is 12.3. The number of hydrazone groups is 1. The third-order valence-electron chi connectivity index (χ3n) is 5.43. The molecule has 0 bridgehead atoms. The normalized spacial score (nSPS) is 10.9. The minimum absolute atomic E-state index is 0.263. The predicted octanol–water partition coefficient (Wildman–Crippen LogP) is 5.97. The molecule has 0 saturated carbocycles. The Bertz CT molecular complexity index is 1410. The van der Waals surface area contributed by atoms with Crippen molar-refractivity contribution in [3.63, 3.8) is 0 Å². The fourth-order valence-electron chi connectivity index (χ4n) is 3.68. The van der Waals surface area contributed by atoms with E-state index in [2.05, 4.69) is 46.9 Å². The second-order valence-corrected chi connectivity index (χ2v) is 7.72. The predicted molar refractivity (Wildman–Crippen MR) is 136 cm³/mol. The van der Waals surface area contributed by atoms with Crippen molar-refractivity contribution in [2.45, 2.75) is 0 Å². The van der Waals surface area contributed by atoms with Gasteiger partial charge in [0.2, 0.25) is 0 Å². The highest BCUT2D eigenvalue weighted by atomic mass is 16.2. The lowest BCUT2D eigenvalue weighted by atomic mass is 10.0. The molecule has 0 unspecified atom stereocenters. The van der Waals surface area contributed by atoms with Crippen molar-refractivity contribution in [2.75, 3.05) is 0 Å². The van der Waals surface area contributed by atoms with Crippen LogP contribution in [0.3, 0.4) is 0 Å². The van der Waals surface area contributed by atoms with E-state index in [1.165, 1.54) is 0 Å². The van der Waals surface area contributed by atoms with Gasteiger partial charge in [0.05, 0.1) is 11.9 Å². The fraction of sp³-hybridized carbons (Fsp3) is 0. The Morgan fingerprint density at radius 2 is 1.26 bits per heavy atom. The number of aromatic nitrogens is 2. The topological polar surface area (TPSA) is 59.3 Å². The van der Waals surface area contributed by atoms with Gasteiger partial charge >= 0.3 is 0 Å². The number of amides is 1. The zero-order valence-corrected chi connectivity index (χ0v) is 18.4. The molecule has 1 N–H and O–H groups in total. The summed E-state index contributed by atoms with van der Waals surface area (Å²) >= 11 is 0. The SMILES string of the molecule is O=C(NN=Cc1cn(-c2ccccc2)nc1-c1ccc(-c2ccccc2)cc1)c1ccccc1. The summed E-state index contributed by atoms with van der Waals surface area (Å²) in [6.45, 7) is 0. The Hall–Kier alpha value is -4.77. The highest BCUT2D eigenvalue weighted by Gasteiger charge is 2.12. The summed E-state index contributed by atoms with van der Waals surface area (Å²) < 4.78 is 1.82. The maximum Gasteiger partial charge on any atom is 0.271 e. The molecule has 0 spiro atoms. The van der Waals surface area contributed by atoms with Gasteiger partial charge in [-0.05, 0) is 35.4 Å². The second-order valence-electron chi connectivity index (χ2n) is 7.72. The minimum Gasteiger partial charge on any atom is -0.267 e. The molecule has 0 saturated heterocycles. The Labute approximate surface area is 198 Å². The Morgan fingerprint density at radius 3 is 1.94 bits per heavy atom. The van der Waals surface area contributed by atoms with E-state index in [0.717, 1.165) is 33.6 Å². The third-order valence-corrected chi connectivity index (χ3v) is 5.43. The number of para-hydroxylation sites is 1. The molecule has 1 aromatic heterocycles. The van der Waals surface area contributed by atoms with Crippen LogP contribution in [0.5, 0.6) is 0 Å². The van der Waals surface area contributed by atoms with Crippen molar-refractivity contribution in [3.8, 4) is 28.1 Å². The van der Waals surface area contributed by atoms with E-state index in [1.807, 2.05) is 77.6 Å². The molecule has 164 valence electrons. The molecule has 0 aliphatic heterocycles. The summed E-state index contributed by atoms with van der Waals surface area (Å²) in [7, 11) is 0. The number of carbonyl (C=O) groups is 1. The zero-order chi connectivity index (χ0) is 23.2. The van der Waals surface area contributed by atoms with Crippen LogP contribution in [-0.2, 0) is 0 Å². The molecular formula is C29H22N4O. The highest BCUT2D eigenvalue weighted by molar-refractivity contribution is 5.95. The average molecular weight is 443 g/mol. The molecule has 0 atom stereocenters. The van der Waals surface area contributed by atoms with Gasteiger partial charge in [0.1, 0.15) is 5.69 Å². The van der Waals surface area contributed by atoms with Crippen LogP contribution >= 0.6 is 0 Å². The number of nitrogens with zero attached hydrogens (tertiary/aromatic N) is 3. The van der Waals surface area contributed by atoms with Crippen molar-refractivity contribution in [2.24, 2.45) is 5.10 Å². The number of carbonyl (C=O) groups excluding carboxylic acids is 1. The standard InChI is InChI=1S/C29H22N4O/c34-29(25-12-6-2-7-13-25)31-30-20-26-21-33(27-14-8-3-9-15-27)32-28(26)24-18-16-23(17-19-24)22-10-4-1-5-11-22/h1-21H,(H,31,34). The lowest BCUT2D eigenvalue weighted by molar-refractivity contribution is 0.0955. The van der Waals surface area contributed by atoms with Crippen LogP contribution in [0, 0.1) is 0 Å². The highest BCUT2D eigenvalue weighted by Crippen LogP contribution is 2.26. The molecule has 0 aliphatic carbocycles. The van der Waals surface area contributed by atoms with Gasteiger partial charge in [-0.1, -0.05) is 91.0 Å². The monoisotopic (exact) mass is 442 g/mol. The lowest BCUT2D eigenvalue weighted by Gasteiger charge is -2.04. The van der Waals surface area contributed by atoms with Crippen LogP contribution in [0.1, 0.15) is 15.9 Å². The van der Waals surface area contributed by atoms with Gasteiger partial charge in [-0.15, -0.1) is 0 Å². The molecule has 0 radical (unpaired) electrons. The molecule has 1 heterocycles. The number of rotatable bonds is 6. The van der Waals surface area contributed by atoms with E-state index in [1.54, 1.807) is 18.3 Å². The van der Waals surface area contributed by atoms with Crippen LogP contribution in [0.15, 0.2) is 127 Å². The van der Waals surface area contributed by atoms with Gasteiger partial charge in [0.25, 0.3) is 5.91 Å². The molecule has 34 heavy (non-hydrogen) atoms. The van der Waals surface area contributed by atoms with Crippen molar-refractivity contribution in [3.05, 3.63) is 133 Å². The van der Waals surface area contributed by atoms with Crippen molar-refractivity contribution >= 4 is 12.1 Å². The molecule has 5 heteroatoms. The fourth-order valence-corrected chi connectivity index (χ4v) is 3.68.